The van der Waals surface area contributed by atoms with Crippen LogP contribution in [0, 0.1) is 5.92 Å². The van der Waals surface area contributed by atoms with E-state index in [9.17, 15) is 0 Å². The van der Waals surface area contributed by atoms with E-state index in [0.717, 1.165) is 18.8 Å². The largest absolute Gasteiger partial charge is 0.327 e. The van der Waals surface area contributed by atoms with Crippen molar-refractivity contribution in [1.29, 1.82) is 0 Å². The van der Waals surface area contributed by atoms with E-state index in [1.165, 1.54) is 29.2 Å². The number of benzene rings is 2. The Balaban J connectivity index is 2.04. The van der Waals surface area contributed by atoms with Gasteiger partial charge in [0, 0.05) is 6.04 Å². The molecule has 2 aromatic rings. The van der Waals surface area contributed by atoms with Gasteiger partial charge < -0.3 is 5.73 Å². The molecule has 0 radical (unpaired) electrons. The zero-order valence-corrected chi connectivity index (χ0v) is 12.1. The van der Waals surface area contributed by atoms with Gasteiger partial charge in [0.1, 0.15) is 0 Å². The molecule has 1 heteroatoms. The third kappa shape index (κ3) is 3.81. The summed E-state index contributed by atoms with van der Waals surface area (Å²) in [5, 5.41) is 2.62. The lowest BCUT2D eigenvalue weighted by atomic mass is 9.91. The van der Waals surface area contributed by atoms with Gasteiger partial charge in [0.2, 0.25) is 0 Å². The maximum absolute atomic E-state index is 6.30. The highest BCUT2D eigenvalue weighted by molar-refractivity contribution is 5.82. The zero-order chi connectivity index (χ0) is 13.7. The van der Waals surface area contributed by atoms with Crippen LogP contribution in [0.25, 0.3) is 10.8 Å². The minimum absolute atomic E-state index is 0.283. The highest BCUT2D eigenvalue weighted by Crippen LogP contribution is 2.19. The molecule has 0 spiro atoms. The van der Waals surface area contributed by atoms with Crippen molar-refractivity contribution in [2.45, 2.75) is 45.6 Å². The minimum Gasteiger partial charge on any atom is -0.327 e. The maximum Gasteiger partial charge on any atom is 0.00819 e. The molecule has 2 aromatic carbocycles. The average Bonchev–Trinajstić information content (AvgIpc) is 2.44. The molecule has 1 atom stereocenters. The van der Waals surface area contributed by atoms with Crippen LogP contribution in [0.1, 0.15) is 38.7 Å². The number of hydrogen-bond acceptors (Lipinski definition) is 1. The predicted molar refractivity (Wildman–Crippen MR) is 84.3 cm³/mol. The highest BCUT2D eigenvalue weighted by Gasteiger charge is 2.11. The zero-order valence-electron chi connectivity index (χ0n) is 12.1. The first-order valence-electron chi connectivity index (χ1n) is 7.46. The van der Waals surface area contributed by atoms with E-state index < -0.39 is 0 Å². The van der Waals surface area contributed by atoms with Crippen molar-refractivity contribution in [3.05, 3.63) is 48.0 Å². The van der Waals surface area contributed by atoms with Crippen molar-refractivity contribution in [1.82, 2.24) is 0 Å². The molecule has 19 heavy (non-hydrogen) atoms. The second kappa shape index (κ2) is 6.72. The smallest absolute Gasteiger partial charge is 0.00819 e. The monoisotopic (exact) mass is 255 g/mol. The van der Waals surface area contributed by atoms with Gasteiger partial charge in [-0.25, -0.2) is 0 Å². The lowest BCUT2D eigenvalue weighted by Gasteiger charge is -2.18. The summed E-state index contributed by atoms with van der Waals surface area (Å²) in [6.07, 6.45) is 4.60. The van der Waals surface area contributed by atoms with Crippen molar-refractivity contribution in [3.63, 3.8) is 0 Å². The van der Waals surface area contributed by atoms with Crippen LogP contribution in [0.4, 0.5) is 0 Å². The Morgan fingerprint density at radius 1 is 0.947 bits per heavy atom. The van der Waals surface area contributed by atoms with Crippen molar-refractivity contribution < 1.29 is 0 Å². The third-order valence-electron chi connectivity index (χ3n) is 4.10. The quantitative estimate of drug-likeness (QED) is 0.806. The van der Waals surface area contributed by atoms with Crippen LogP contribution >= 0.6 is 0 Å². The summed E-state index contributed by atoms with van der Waals surface area (Å²) in [7, 11) is 0. The van der Waals surface area contributed by atoms with E-state index in [2.05, 4.69) is 56.3 Å². The standard InChI is InChI=1S/C18H25N/c1-3-14(4-2)12-18(19)13-15-9-10-16-7-5-6-8-17(16)11-15/h5-11,14,18H,3-4,12-13,19H2,1-2H3. The molecule has 0 aliphatic rings. The Morgan fingerprint density at radius 3 is 2.32 bits per heavy atom. The van der Waals surface area contributed by atoms with Crippen LogP contribution in [0.5, 0.6) is 0 Å². The Labute approximate surface area is 116 Å². The van der Waals surface area contributed by atoms with Crippen LogP contribution in [0.15, 0.2) is 42.5 Å². The van der Waals surface area contributed by atoms with Gasteiger partial charge in [-0.15, -0.1) is 0 Å². The Bertz CT molecular complexity index is 514. The van der Waals surface area contributed by atoms with Crippen LogP contribution in [-0.4, -0.2) is 6.04 Å². The number of fused-ring (bicyclic) bond motifs is 1. The van der Waals surface area contributed by atoms with E-state index in [1.54, 1.807) is 0 Å². The van der Waals surface area contributed by atoms with Gasteiger partial charge in [-0.2, -0.15) is 0 Å². The van der Waals surface area contributed by atoms with Crippen LogP contribution < -0.4 is 5.73 Å². The first kappa shape index (κ1) is 14.1. The fraction of sp³-hybridized carbons (Fsp3) is 0.444. The van der Waals surface area contributed by atoms with Gasteiger partial charge in [-0.05, 0) is 35.1 Å². The van der Waals surface area contributed by atoms with E-state index in [-0.39, 0.29) is 6.04 Å². The lowest BCUT2D eigenvalue weighted by molar-refractivity contribution is 0.407. The first-order valence-corrected chi connectivity index (χ1v) is 7.46. The topological polar surface area (TPSA) is 26.0 Å². The van der Waals surface area contributed by atoms with Crippen molar-refractivity contribution >= 4 is 10.8 Å². The summed E-state index contributed by atoms with van der Waals surface area (Å²) in [5.74, 6) is 0.774. The molecule has 102 valence electrons. The molecule has 0 heterocycles. The SMILES string of the molecule is CCC(CC)CC(N)Cc1ccc2ccccc2c1. The molecular weight excluding hydrogens is 230 g/mol. The summed E-state index contributed by atoms with van der Waals surface area (Å²) in [6, 6.07) is 15.5. The molecule has 0 aliphatic carbocycles. The molecule has 0 aromatic heterocycles. The summed E-state index contributed by atoms with van der Waals surface area (Å²) in [6.45, 7) is 4.52. The fourth-order valence-electron chi connectivity index (χ4n) is 2.80. The molecule has 2 N–H and O–H groups in total. The molecule has 2 rings (SSSR count). The maximum atomic E-state index is 6.30. The second-order valence-electron chi connectivity index (χ2n) is 5.56. The van der Waals surface area contributed by atoms with Crippen molar-refractivity contribution in [2.75, 3.05) is 0 Å². The Hall–Kier alpha value is -1.34. The number of rotatable bonds is 6. The minimum atomic E-state index is 0.283. The molecule has 0 fully saturated rings. The second-order valence-corrected chi connectivity index (χ2v) is 5.56. The Morgan fingerprint density at radius 2 is 1.63 bits per heavy atom. The van der Waals surface area contributed by atoms with Gasteiger partial charge in [-0.1, -0.05) is 69.2 Å². The van der Waals surface area contributed by atoms with Gasteiger partial charge in [0.15, 0.2) is 0 Å². The molecule has 0 amide bonds. The van der Waals surface area contributed by atoms with E-state index in [4.69, 9.17) is 5.73 Å². The summed E-state index contributed by atoms with van der Waals surface area (Å²) >= 11 is 0. The normalized spacial score (nSPS) is 13.1. The van der Waals surface area contributed by atoms with Gasteiger partial charge in [0.05, 0.1) is 0 Å². The predicted octanol–water partition coefficient (Wildman–Crippen LogP) is 4.54. The number of nitrogens with two attached hydrogens (primary N) is 1. The molecule has 0 saturated carbocycles. The summed E-state index contributed by atoms with van der Waals surface area (Å²) in [4.78, 5) is 0. The summed E-state index contributed by atoms with van der Waals surface area (Å²) < 4.78 is 0. The highest BCUT2D eigenvalue weighted by atomic mass is 14.6. The van der Waals surface area contributed by atoms with E-state index in [0.29, 0.717) is 0 Å². The molecule has 0 aliphatic heterocycles. The molecule has 1 unspecified atom stereocenters. The van der Waals surface area contributed by atoms with E-state index >= 15 is 0 Å². The molecule has 0 saturated heterocycles. The molecule has 1 nitrogen and oxygen atoms in total. The average molecular weight is 255 g/mol. The first-order chi connectivity index (χ1) is 9.22. The van der Waals surface area contributed by atoms with Gasteiger partial charge >= 0.3 is 0 Å². The van der Waals surface area contributed by atoms with Crippen LogP contribution in [0.3, 0.4) is 0 Å². The van der Waals surface area contributed by atoms with Crippen LogP contribution in [-0.2, 0) is 6.42 Å². The molecular formula is C18H25N. The lowest BCUT2D eigenvalue weighted by Crippen LogP contribution is -2.25. The fourth-order valence-corrected chi connectivity index (χ4v) is 2.80. The van der Waals surface area contributed by atoms with Gasteiger partial charge in [-0.3, -0.25) is 0 Å². The van der Waals surface area contributed by atoms with Gasteiger partial charge in [0.25, 0.3) is 0 Å². The van der Waals surface area contributed by atoms with E-state index in [1.807, 2.05) is 0 Å². The third-order valence-corrected chi connectivity index (χ3v) is 4.10. The van der Waals surface area contributed by atoms with Crippen molar-refractivity contribution in [3.8, 4) is 0 Å². The number of hydrogen-bond donors (Lipinski definition) is 1. The molecule has 0 bridgehead atoms. The van der Waals surface area contributed by atoms with Crippen LogP contribution in [0.2, 0.25) is 0 Å². The Kier molecular flexibility index (Phi) is 4.98. The van der Waals surface area contributed by atoms with Crippen molar-refractivity contribution in [2.24, 2.45) is 11.7 Å². The summed E-state index contributed by atoms with van der Waals surface area (Å²) in [5.41, 5.74) is 7.66.